The highest BCUT2D eigenvalue weighted by molar-refractivity contribution is 6.43. The van der Waals surface area contributed by atoms with Crippen LogP contribution in [0.5, 0.6) is 0 Å². The Morgan fingerprint density at radius 1 is 1.04 bits per heavy atom. The monoisotopic (exact) mass is 393 g/mol. The number of Topliss-reactive ketones (excluding diaryl/α,β-unsaturated/α-hetero) is 1. The van der Waals surface area contributed by atoms with Crippen molar-refractivity contribution in [2.75, 3.05) is 6.61 Å². The van der Waals surface area contributed by atoms with Crippen molar-refractivity contribution >= 4 is 40.9 Å². The van der Waals surface area contributed by atoms with Gasteiger partial charge in [-0.1, -0.05) is 59.6 Å². The van der Waals surface area contributed by atoms with Crippen LogP contribution in [0.2, 0.25) is 10.0 Å². The predicted octanol–water partition coefficient (Wildman–Crippen LogP) is 3.47. The maximum atomic E-state index is 12.0. The Balaban J connectivity index is 1.93. The van der Waals surface area contributed by atoms with Gasteiger partial charge in [0.1, 0.15) is 0 Å². The Bertz CT molecular complexity index is 808. The molecule has 0 bridgehead atoms. The number of carbonyl (C=O) groups excluding carboxylic acids is 3. The Hall–Kier alpha value is -2.37. The van der Waals surface area contributed by atoms with E-state index in [9.17, 15) is 14.4 Å². The summed E-state index contributed by atoms with van der Waals surface area (Å²) in [5.74, 6) is -1.53. The van der Waals surface area contributed by atoms with Gasteiger partial charge in [0.05, 0.1) is 21.7 Å². The average Bonchev–Trinajstić information content (AvgIpc) is 2.62. The molecule has 0 aromatic heterocycles. The first-order valence-electron chi connectivity index (χ1n) is 7.83. The number of esters is 1. The molecule has 7 heteroatoms. The van der Waals surface area contributed by atoms with Crippen LogP contribution in [0, 0.1) is 0 Å². The van der Waals surface area contributed by atoms with Crippen molar-refractivity contribution in [2.45, 2.75) is 19.4 Å². The molecule has 0 fully saturated rings. The summed E-state index contributed by atoms with van der Waals surface area (Å²) < 4.78 is 4.95. The molecule has 0 aliphatic carbocycles. The molecule has 1 amide bonds. The second-order valence-corrected chi connectivity index (χ2v) is 6.38. The smallest absolute Gasteiger partial charge is 0.340 e. The van der Waals surface area contributed by atoms with Crippen LogP contribution in [-0.4, -0.2) is 30.3 Å². The normalized spacial score (nSPS) is 11.5. The second-order valence-electron chi connectivity index (χ2n) is 5.60. The number of nitrogens with one attached hydrogen (secondary N) is 1. The summed E-state index contributed by atoms with van der Waals surface area (Å²) in [5, 5.41) is 2.85. The molecule has 26 heavy (non-hydrogen) atoms. The summed E-state index contributed by atoms with van der Waals surface area (Å²) in [6.45, 7) is 0.867. The van der Waals surface area contributed by atoms with Crippen LogP contribution in [0.3, 0.4) is 0 Å². The first-order chi connectivity index (χ1) is 12.4. The number of hydrogen-bond donors (Lipinski definition) is 1. The molecule has 0 aliphatic rings. The molecule has 1 atom stereocenters. The van der Waals surface area contributed by atoms with E-state index in [1.165, 1.54) is 19.1 Å². The lowest BCUT2D eigenvalue weighted by atomic mass is 10.0. The standard InChI is InChI=1S/C19H17Cl2NO4/c1-12(23)16(10-13-6-3-2-4-7-13)22-17(24)11-26-19(25)14-8-5-9-15(20)18(14)21/h2-9,16H,10-11H2,1H3,(H,22,24)/t16-/m0/s1. The molecule has 2 rings (SSSR count). The molecule has 136 valence electrons. The van der Waals surface area contributed by atoms with Crippen molar-refractivity contribution in [2.24, 2.45) is 0 Å². The van der Waals surface area contributed by atoms with Crippen LogP contribution in [0.15, 0.2) is 48.5 Å². The fourth-order valence-electron chi connectivity index (χ4n) is 2.25. The van der Waals surface area contributed by atoms with Crippen LogP contribution in [0.1, 0.15) is 22.8 Å². The van der Waals surface area contributed by atoms with Crippen molar-refractivity contribution in [3.05, 3.63) is 69.7 Å². The number of carbonyl (C=O) groups is 3. The van der Waals surface area contributed by atoms with E-state index >= 15 is 0 Å². The fraction of sp³-hybridized carbons (Fsp3) is 0.211. The van der Waals surface area contributed by atoms with Gasteiger partial charge in [0.25, 0.3) is 5.91 Å². The van der Waals surface area contributed by atoms with Gasteiger partial charge >= 0.3 is 5.97 Å². The first kappa shape index (κ1) is 19.9. The summed E-state index contributed by atoms with van der Waals surface area (Å²) in [7, 11) is 0. The second kappa shape index (κ2) is 9.36. The zero-order valence-corrected chi connectivity index (χ0v) is 15.5. The van der Waals surface area contributed by atoms with Gasteiger partial charge in [-0.3, -0.25) is 9.59 Å². The first-order valence-corrected chi connectivity index (χ1v) is 8.59. The predicted molar refractivity (Wildman–Crippen MR) is 99.5 cm³/mol. The van der Waals surface area contributed by atoms with Gasteiger partial charge in [-0.2, -0.15) is 0 Å². The van der Waals surface area contributed by atoms with E-state index in [0.29, 0.717) is 6.42 Å². The molecule has 0 radical (unpaired) electrons. The van der Waals surface area contributed by atoms with Gasteiger partial charge in [-0.05, 0) is 31.0 Å². The van der Waals surface area contributed by atoms with Gasteiger partial charge in [-0.15, -0.1) is 0 Å². The van der Waals surface area contributed by atoms with Crippen LogP contribution >= 0.6 is 23.2 Å². The van der Waals surface area contributed by atoms with E-state index in [-0.39, 0.29) is 21.4 Å². The molecule has 1 N–H and O–H groups in total. The van der Waals surface area contributed by atoms with E-state index in [1.807, 2.05) is 30.3 Å². The summed E-state index contributed by atoms with van der Waals surface area (Å²) in [4.78, 5) is 35.8. The van der Waals surface area contributed by atoms with Crippen molar-refractivity contribution in [1.29, 1.82) is 0 Å². The van der Waals surface area contributed by atoms with E-state index in [4.69, 9.17) is 27.9 Å². The third kappa shape index (κ3) is 5.58. The highest BCUT2D eigenvalue weighted by Gasteiger charge is 2.20. The SMILES string of the molecule is CC(=O)[C@H](Cc1ccccc1)NC(=O)COC(=O)c1cccc(Cl)c1Cl. The Morgan fingerprint density at radius 3 is 2.38 bits per heavy atom. The topological polar surface area (TPSA) is 72.5 Å². The molecule has 0 unspecified atom stereocenters. The van der Waals surface area contributed by atoms with E-state index < -0.39 is 24.5 Å². The zero-order valence-electron chi connectivity index (χ0n) is 14.0. The number of hydrogen-bond acceptors (Lipinski definition) is 4. The van der Waals surface area contributed by atoms with Gasteiger partial charge in [0, 0.05) is 0 Å². The van der Waals surface area contributed by atoms with Crippen LogP contribution in [0.4, 0.5) is 0 Å². The lowest BCUT2D eigenvalue weighted by Gasteiger charge is -2.16. The number of halogens is 2. The third-order valence-electron chi connectivity index (χ3n) is 3.61. The van der Waals surface area contributed by atoms with E-state index in [1.54, 1.807) is 6.07 Å². The summed E-state index contributed by atoms with van der Waals surface area (Å²) in [6.07, 6.45) is 0.357. The highest BCUT2D eigenvalue weighted by atomic mass is 35.5. The quantitative estimate of drug-likeness (QED) is 0.730. The Morgan fingerprint density at radius 2 is 1.73 bits per heavy atom. The van der Waals surface area contributed by atoms with Gasteiger partial charge in [0.2, 0.25) is 0 Å². The van der Waals surface area contributed by atoms with Gasteiger partial charge < -0.3 is 10.1 Å². The van der Waals surface area contributed by atoms with Crippen molar-refractivity contribution in [3.63, 3.8) is 0 Å². The minimum Gasteiger partial charge on any atom is -0.452 e. The van der Waals surface area contributed by atoms with Crippen LogP contribution < -0.4 is 5.32 Å². The highest BCUT2D eigenvalue weighted by Crippen LogP contribution is 2.25. The van der Waals surface area contributed by atoms with Crippen LogP contribution in [-0.2, 0) is 20.7 Å². The number of amides is 1. The molecular weight excluding hydrogens is 377 g/mol. The number of ketones is 1. The van der Waals surface area contributed by atoms with Crippen LogP contribution in [0.25, 0.3) is 0 Å². The number of rotatable bonds is 7. The molecule has 0 heterocycles. The van der Waals surface area contributed by atoms with Crippen molar-refractivity contribution in [3.8, 4) is 0 Å². The number of benzene rings is 2. The molecule has 0 saturated carbocycles. The molecule has 0 spiro atoms. The molecular formula is C19H17Cl2NO4. The summed E-state index contributed by atoms with van der Waals surface area (Å²) in [6, 6.07) is 13.1. The molecule has 2 aromatic carbocycles. The lowest BCUT2D eigenvalue weighted by Crippen LogP contribution is -2.43. The Kier molecular flexibility index (Phi) is 7.18. The van der Waals surface area contributed by atoms with Crippen molar-refractivity contribution in [1.82, 2.24) is 5.32 Å². The zero-order chi connectivity index (χ0) is 19.1. The minimum atomic E-state index is -0.768. The van der Waals surface area contributed by atoms with Crippen molar-refractivity contribution < 1.29 is 19.1 Å². The summed E-state index contributed by atoms with van der Waals surface area (Å²) in [5.41, 5.74) is 0.982. The molecule has 0 saturated heterocycles. The summed E-state index contributed by atoms with van der Waals surface area (Å²) >= 11 is 11.8. The van der Waals surface area contributed by atoms with Gasteiger partial charge in [-0.25, -0.2) is 4.79 Å². The number of ether oxygens (including phenoxy) is 1. The minimum absolute atomic E-state index is 0.0604. The molecule has 5 nitrogen and oxygen atoms in total. The maximum absolute atomic E-state index is 12.0. The Labute approximate surface area is 161 Å². The van der Waals surface area contributed by atoms with E-state index in [0.717, 1.165) is 5.56 Å². The molecule has 2 aromatic rings. The van der Waals surface area contributed by atoms with Gasteiger partial charge in [0.15, 0.2) is 12.4 Å². The fourth-order valence-corrected chi connectivity index (χ4v) is 2.63. The molecule has 0 aliphatic heterocycles. The average molecular weight is 394 g/mol. The third-order valence-corrected chi connectivity index (χ3v) is 4.43. The largest absolute Gasteiger partial charge is 0.452 e. The lowest BCUT2D eigenvalue weighted by molar-refractivity contribution is -0.128. The maximum Gasteiger partial charge on any atom is 0.340 e. The van der Waals surface area contributed by atoms with E-state index in [2.05, 4.69) is 5.32 Å².